The Hall–Kier alpha value is -2.98. The van der Waals surface area contributed by atoms with Gasteiger partial charge in [-0.1, -0.05) is 54.6 Å². The van der Waals surface area contributed by atoms with Crippen LogP contribution in [0, 0.1) is 0 Å². The highest BCUT2D eigenvalue weighted by molar-refractivity contribution is 6.16. The quantitative estimate of drug-likeness (QED) is 0.572. The highest BCUT2D eigenvalue weighted by Gasteiger charge is 2.48. The maximum atomic E-state index is 13.2. The predicted octanol–water partition coefficient (Wildman–Crippen LogP) is 3.43. The number of fused-ring (bicyclic) bond motifs is 3. The number of ether oxygens (including phenoxy) is 1. The molecule has 5 rings (SSSR count). The van der Waals surface area contributed by atoms with Crippen LogP contribution in [0.25, 0.3) is 10.8 Å². The second kappa shape index (κ2) is 5.51. The van der Waals surface area contributed by atoms with Gasteiger partial charge < -0.3 is 10.1 Å². The third-order valence-electron chi connectivity index (χ3n) is 5.42. The molecule has 0 unspecified atom stereocenters. The molecule has 0 amide bonds. The minimum absolute atomic E-state index is 0.146. The van der Waals surface area contributed by atoms with Gasteiger partial charge in [-0.3, -0.25) is 4.79 Å². The Morgan fingerprint density at radius 1 is 1.00 bits per heavy atom. The van der Waals surface area contributed by atoms with Gasteiger partial charge in [0.05, 0.1) is 5.56 Å². The minimum Gasteiger partial charge on any atom is -0.449 e. The van der Waals surface area contributed by atoms with E-state index in [0.717, 1.165) is 29.3 Å². The number of rotatable bonds is 2. The van der Waals surface area contributed by atoms with E-state index in [4.69, 9.17) is 4.74 Å². The summed E-state index contributed by atoms with van der Waals surface area (Å²) >= 11 is 0. The molecule has 2 aliphatic heterocycles. The average Bonchev–Trinajstić information content (AvgIpc) is 3.26. The van der Waals surface area contributed by atoms with E-state index >= 15 is 0 Å². The fraction of sp³-hybridized carbons (Fsp3) is 0.182. The molecule has 26 heavy (non-hydrogen) atoms. The van der Waals surface area contributed by atoms with Gasteiger partial charge in [0.2, 0.25) is 0 Å². The van der Waals surface area contributed by atoms with Crippen molar-refractivity contribution in [3.63, 3.8) is 0 Å². The topological polar surface area (TPSA) is 55.4 Å². The zero-order valence-corrected chi connectivity index (χ0v) is 14.1. The lowest BCUT2D eigenvalue weighted by Gasteiger charge is -2.21. The monoisotopic (exact) mass is 343 g/mol. The van der Waals surface area contributed by atoms with Crippen LogP contribution in [0.5, 0.6) is 0 Å². The summed E-state index contributed by atoms with van der Waals surface area (Å²) in [4.78, 5) is 25.8. The second-order valence-corrected chi connectivity index (χ2v) is 6.93. The maximum absolute atomic E-state index is 13.2. The zero-order valence-electron chi connectivity index (χ0n) is 14.1. The van der Waals surface area contributed by atoms with E-state index in [1.54, 1.807) is 6.07 Å². The Kier molecular flexibility index (Phi) is 3.24. The van der Waals surface area contributed by atoms with Gasteiger partial charge in [0, 0.05) is 29.7 Å². The maximum Gasteiger partial charge on any atom is 0.340 e. The van der Waals surface area contributed by atoms with Gasteiger partial charge in [0.15, 0.2) is 11.4 Å². The zero-order chi connectivity index (χ0) is 17.7. The molecule has 0 bridgehead atoms. The van der Waals surface area contributed by atoms with Gasteiger partial charge in [-0.2, -0.15) is 0 Å². The van der Waals surface area contributed by atoms with Crippen LogP contribution in [0.15, 0.2) is 60.7 Å². The minimum atomic E-state index is -0.619. The first kappa shape index (κ1) is 15.3. The molecule has 0 aromatic heterocycles. The second-order valence-electron chi connectivity index (χ2n) is 6.93. The van der Waals surface area contributed by atoms with E-state index in [2.05, 4.69) is 5.32 Å². The molecule has 4 nitrogen and oxygen atoms in total. The molecule has 3 aromatic rings. The number of hydrogen-bond acceptors (Lipinski definition) is 4. The van der Waals surface area contributed by atoms with E-state index in [0.29, 0.717) is 23.2 Å². The fourth-order valence-electron chi connectivity index (χ4n) is 4.10. The normalized spacial score (nSPS) is 21.2. The summed E-state index contributed by atoms with van der Waals surface area (Å²) in [5, 5.41) is 5.34. The van der Waals surface area contributed by atoms with Gasteiger partial charge in [-0.25, -0.2) is 4.79 Å². The summed E-state index contributed by atoms with van der Waals surface area (Å²) in [6.45, 7) is 1.40. The van der Waals surface area contributed by atoms with Crippen LogP contribution < -0.4 is 5.32 Å². The predicted molar refractivity (Wildman–Crippen MR) is 98.4 cm³/mol. The first-order chi connectivity index (χ1) is 12.7. The number of carbonyl (C=O) groups is 2. The Balaban J connectivity index is 1.63. The average molecular weight is 343 g/mol. The van der Waals surface area contributed by atoms with E-state index in [1.807, 2.05) is 54.6 Å². The summed E-state index contributed by atoms with van der Waals surface area (Å²) in [7, 11) is 0. The van der Waals surface area contributed by atoms with Gasteiger partial charge in [0.25, 0.3) is 0 Å². The first-order valence-electron chi connectivity index (χ1n) is 8.79. The van der Waals surface area contributed by atoms with Crippen LogP contribution in [-0.4, -0.2) is 24.8 Å². The van der Waals surface area contributed by atoms with E-state index in [9.17, 15) is 9.59 Å². The van der Waals surface area contributed by atoms with Crippen LogP contribution in [0.4, 0.5) is 0 Å². The molecule has 1 spiro atoms. The van der Waals surface area contributed by atoms with Gasteiger partial charge in [-0.05, 0) is 23.4 Å². The molecule has 2 aliphatic rings. The van der Waals surface area contributed by atoms with Crippen LogP contribution >= 0.6 is 0 Å². The number of nitrogens with one attached hydrogen (secondary N) is 1. The van der Waals surface area contributed by atoms with Crippen molar-refractivity contribution in [1.29, 1.82) is 0 Å². The Morgan fingerprint density at radius 2 is 1.85 bits per heavy atom. The Bertz CT molecular complexity index is 1060. The number of carbonyl (C=O) groups excluding carboxylic acids is 2. The summed E-state index contributed by atoms with van der Waals surface area (Å²) in [5.74, 6) is -0.541. The van der Waals surface area contributed by atoms with Crippen molar-refractivity contribution < 1.29 is 14.3 Å². The van der Waals surface area contributed by atoms with Crippen molar-refractivity contribution in [2.24, 2.45) is 0 Å². The highest BCUT2D eigenvalue weighted by Crippen LogP contribution is 2.42. The molecule has 0 aliphatic carbocycles. The molecule has 4 heteroatoms. The Morgan fingerprint density at radius 3 is 2.65 bits per heavy atom. The van der Waals surface area contributed by atoms with E-state index < -0.39 is 11.6 Å². The van der Waals surface area contributed by atoms with Gasteiger partial charge in [0.1, 0.15) is 0 Å². The largest absolute Gasteiger partial charge is 0.449 e. The van der Waals surface area contributed by atoms with Crippen LogP contribution in [0.2, 0.25) is 0 Å². The number of ketones is 1. The molecular weight excluding hydrogens is 326 g/mol. The van der Waals surface area contributed by atoms with Crippen LogP contribution in [-0.2, 0) is 10.3 Å². The van der Waals surface area contributed by atoms with Gasteiger partial charge >= 0.3 is 5.97 Å². The fourth-order valence-corrected chi connectivity index (χ4v) is 4.10. The van der Waals surface area contributed by atoms with Crippen molar-refractivity contribution in [3.05, 3.63) is 82.9 Å². The summed E-state index contributed by atoms with van der Waals surface area (Å²) in [5.41, 5.74) is 1.64. The van der Waals surface area contributed by atoms with E-state index in [-0.39, 0.29) is 5.78 Å². The molecule has 0 saturated carbocycles. The lowest BCUT2D eigenvalue weighted by molar-refractivity contribution is 0.00159. The Labute approximate surface area is 150 Å². The summed E-state index contributed by atoms with van der Waals surface area (Å²) in [6, 6.07) is 19.0. The highest BCUT2D eigenvalue weighted by atomic mass is 16.6. The molecule has 2 heterocycles. The SMILES string of the molecule is O=C(c1ccc2ccccc2c1)c1cccc2c1C(=O)O[C@]21CCNC1. The lowest BCUT2D eigenvalue weighted by atomic mass is 9.87. The van der Waals surface area contributed by atoms with Gasteiger partial charge in [-0.15, -0.1) is 0 Å². The molecule has 3 aromatic carbocycles. The third kappa shape index (κ3) is 2.12. The van der Waals surface area contributed by atoms with E-state index in [1.165, 1.54) is 0 Å². The molecule has 128 valence electrons. The molecular formula is C22H17NO3. The standard InChI is InChI=1S/C22H17NO3/c24-20(16-9-8-14-4-1-2-5-15(14)12-16)17-6-3-7-18-19(17)21(25)26-22(18)10-11-23-13-22/h1-9,12,23H,10-11,13H2/t22-/m0/s1. The van der Waals surface area contributed by atoms with Crippen molar-refractivity contribution in [2.45, 2.75) is 12.0 Å². The smallest absolute Gasteiger partial charge is 0.340 e. The summed E-state index contributed by atoms with van der Waals surface area (Å²) < 4.78 is 5.72. The molecule has 1 saturated heterocycles. The number of esters is 1. The lowest BCUT2D eigenvalue weighted by Crippen LogP contribution is -2.28. The molecule has 1 atom stereocenters. The van der Waals surface area contributed by atoms with Crippen molar-refractivity contribution >= 4 is 22.5 Å². The first-order valence-corrected chi connectivity index (χ1v) is 8.79. The van der Waals surface area contributed by atoms with Crippen LogP contribution in [0.3, 0.4) is 0 Å². The number of benzene rings is 3. The van der Waals surface area contributed by atoms with Crippen molar-refractivity contribution in [1.82, 2.24) is 5.32 Å². The third-order valence-corrected chi connectivity index (χ3v) is 5.42. The van der Waals surface area contributed by atoms with Crippen LogP contribution in [0.1, 0.15) is 38.3 Å². The molecule has 1 fully saturated rings. The summed E-state index contributed by atoms with van der Waals surface area (Å²) in [6.07, 6.45) is 0.735. The molecule has 1 N–H and O–H groups in total. The van der Waals surface area contributed by atoms with Crippen molar-refractivity contribution in [3.8, 4) is 0 Å². The number of hydrogen-bond donors (Lipinski definition) is 1. The molecule has 0 radical (unpaired) electrons. The van der Waals surface area contributed by atoms with Crippen molar-refractivity contribution in [2.75, 3.05) is 13.1 Å².